The summed E-state index contributed by atoms with van der Waals surface area (Å²) in [5, 5.41) is 130. The Kier molecular flexibility index (Phi) is 28.7. The van der Waals surface area contributed by atoms with Crippen molar-refractivity contribution in [3.05, 3.63) is 176 Å². The molecule has 1 unspecified atom stereocenters. The van der Waals surface area contributed by atoms with Gasteiger partial charge in [0.15, 0.2) is 23.9 Å². The minimum absolute atomic E-state index is 0.00857. The van der Waals surface area contributed by atoms with E-state index in [2.05, 4.69) is 63.4 Å². The first-order valence-corrected chi connectivity index (χ1v) is 40.0. The number of rotatable bonds is 21. The largest absolute Gasteiger partial charge is 0.573 e. The summed E-state index contributed by atoms with van der Waals surface area (Å²) in [6.45, 7) is 7.34. The zero-order chi connectivity index (χ0) is 90.5. The molecule has 7 heterocycles. The number of aliphatic hydroxyl groups is 6. The number of hydrazine groups is 1. The number of hydrogen-bond donors (Lipinski definition) is 21. The van der Waals surface area contributed by atoms with Gasteiger partial charge in [-0.25, -0.2) is 5.43 Å². The highest BCUT2D eigenvalue weighted by Gasteiger charge is 2.53. The molecular formula is C83H91Cl2F3N12O25. The third-order valence-corrected chi connectivity index (χ3v) is 22.0. The van der Waals surface area contributed by atoms with Gasteiger partial charge in [-0.1, -0.05) is 74.3 Å². The molecule has 0 aromatic heterocycles. The van der Waals surface area contributed by atoms with E-state index in [1.807, 2.05) is 13.8 Å². The number of anilines is 1. The Hall–Kier alpha value is -11.7. The standard InChI is InChI=1S/C83H91Cl2F3N12O25/c1-7-92-100-80(118)63-46-28-43(102)29-52(104)60(46)45-23-38(13-18-51(45)103)61-76(114)99-65(79(117)97-63)67(107)40-15-20-54(48(85)25-40)121-56-27-41-26-55(120-53-19-14-39(24-47(53)84)66(106)64(98-74(112)49(90-6)21-34(2)3)78(116)94-50(30-58(89)105)75(113)95-62(41)77(115)96-61)70(56)124-81-71(69(109)68(108)57(33-101)122-81)123-59-31-82(5,72(110)35(4)119-59)91-32-36-9-8-10-42(22-36)93-73(111)37-11-16-44(17-12-37)125-83(86,87)88/h8-20,22-29,34-35,49-50,57,59,61-69,71-72,81,90-92,101-104,106-110H,7,21,30-33H2,1-6H3,(H2,89,105)(H,93,111)(H,94,116)(H,95,113)(H,96,115)(H,97,117)(H,98,112)(H,99,114)(H,100,118)/t35-,49+,50-,57+,59-,61+,62+,63+,64+,65-,66+,67+,68+,69-,71?,72+,81-,82-/m0/s1. The first-order chi connectivity index (χ1) is 59.2. The predicted molar refractivity (Wildman–Crippen MR) is 434 cm³/mol. The number of primary amides is 1. The summed E-state index contributed by atoms with van der Waals surface area (Å²) in [5.74, 6) is -16.6. The fraction of sp³-hybridized carbons (Fsp3) is 0.386. The average Bonchev–Trinajstić information content (AvgIpc) is 0.761. The summed E-state index contributed by atoms with van der Waals surface area (Å²) < 4.78 is 82.0. The van der Waals surface area contributed by atoms with Gasteiger partial charge in [0.05, 0.1) is 41.3 Å². The Balaban J connectivity index is 1.01. The fourth-order valence-electron chi connectivity index (χ4n) is 15.0. The van der Waals surface area contributed by atoms with Crippen LogP contribution in [0, 0.1) is 5.92 Å². The van der Waals surface area contributed by atoms with Gasteiger partial charge in [0.1, 0.15) is 101 Å². The van der Waals surface area contributed by atoms with Crippen molar-refractivity contribution in [2.45, 2.75) is 176 Å². The quantitative estimate of drug-likeness (QED) is 0.0457. The molecule has 668 valence electrons. The van der Waals surface area contributed by atoms with Gasteiger partial charge < -0.3 is 133 Å². The Morgan fingerprint density at radius 1 is 0.704 bits per heavy atom. The number of hydrogen-bond acceptors (Lipinski definition) is 28. The van der Waals surface area contributed by atoms with E-state index in [0.29, 0.717) is 5.56 Å². The summed E-state index contributed by atoms with van der Waals surface area (Å²) in [6, 6.07) is 10.3. The first kappa shape index (κ1) is 92.4. The minimum atomic E-state index is -4.97. The van der Waals surface area contributed by atoms with Crippen LogP contribution in [0.3, 0.4) is 0 Å². The SMILES string of the molecule is CCNNC(=O)[C@@H]1NC(=O)[C@H]2NC(=O)[C@H](NC(=O)[C@@H]3NC(=O)[C@H](CC(N)=O)NC(=O)[C@H](NC(=O)[C@@H](CC(C)C)NC)[C@H](O)c4ccc(c(Cl)c4)Oc4cc3cc(c4O[C@@H]3O[C@H](CO)[C@@H](O)[C@H](O)C3O[C@H]3C[C@](C)(NCc4cccc(NC(=O)c5ccc(OC(F)(F)F)cc5)c4)[C@H](O)[C@H](C)O3)Oc3ccc(cc3Cl)[C@H]2O)c2ccc(O)c(c2)-c2c(O)cc(O)cc21. The number of fused-ring (bicyclic) bond motifs is 15. The second-order valence-electron chi connectivity index (χ2n) is 30.9. The van der Waals surface area contributed by atoms with E-state index in [1.54, 1.807) is 38.1 Å². The first-order valence-electron chi connectivity index (χ1n) is 39.2. The van der Waals surface area contributed by atoms with Crippen LogP contribution in [0.15, 0.2) is 127 Å². The summed E-state index contributed by atoms with van der Waals surface area (Å²) in [6.07, 6.45) is -24.6. The van der Waals surface area contributed by atoms with Crippen molar-refractivity contribution in [3.8, 4) is 62.9 Å². The van der Waals surface area contributed by atoms with Crippen molar-refractivity contribution in [1.82, 2.24) is 53.4 Å². The normalized spacial score (nSPS) is 26.0. The molecule has 22 N–H and O–H groups in total. The van der Waals surface area contributed by atoms with Crippen molar-refractivity contribution < 1.29 is 135 Å². The molecule has 7 aromatic rings. The maximum Gasteiger partial charge on any atom is 0.573 e. The molecule has 7 aliphatic rings. The number of nitrogens with two attached hydrogens (primary N) is 1. The van der Waals surface area contributed by atoms with Gasteiger partial charge in [-0.15, -0.1) is 13.2 Å². The number of benzene rings is 7. The van der Waals surface area contributed by atoms with Crippen LogP contribution in [0.4, 0.5) is 18.9 Å². The summed E-state index contributed by atoms with van der Waals surface area (Å²) in [7, 11) is 1.46. The van der Waals surface area contributed by atoms with E-state index in [0.717, 1.165) is 91.0 Å². The smallest absolute Gasteiger partial charge is 0.508 e. The summed E-state index contributed by atoms with van der Waals surface area (Å²) in [4.78, 5) is 133. The molecule has 11 bridgehead atoms. The van der Waals surface area contributed by atoms with Gasteiger partial charge in [-0.2, -0.15) is 0 Å². The monoisotopic (exact) mass is 1780 g/mol. The van der Waals surface area contributed by atoms with Crippen LogP contribution in [-0.4, -0.2) is 205 Å². The number of halogens is 5. The number of phenolic OH excluding ortho intramolecular Hbond substituents is 3. The molecule has 9 amide bonds. The molecule has 7 aliphatic heterocycles. The lowest BCUT2D eigenvalue weighted by Gasteiger charge is -2.48. The Labute approximate surface area is 720 Å². The van der Waals surface area contributed by atoms with Gasteiger partial charge in [-0.05, 0) is 158 Å². The van der Waals surface area contributed by atoms with Crippen LogP contribution >= 0.6 is 23.2 Å². The number of likely N-dealkylation sites (N-methyl/N-ethyl adjacent to an activating group) is 1. The van der Waals surface area contributed by atoms with Crippen molar-refractivity contribution in [2.24, 2.45) is 11.7 Å². The zero-order valence-corrected chi connectivity index (χ0v) is 68.8. The third-order valence-electron chi connectivity index (χ3n) is 21.4. The van der Waals surface area contributed by atoms with E-state index in [-0.39, 0.29) is 65.5 Å². The van der Waals surface area contributed by atoms with Gasteiger partial charge in [0, 0.05) is 53.5 Å². The van der Waals surface area contributed by atoms with Crippen molar-refractivity contribution in [1.29, 1.82) is 0 Å². The molecule has 0 spiro atoms. The predicted octanol–water partition coefficient (Wildman–Crippen LogP) is 3.64. The molecule has 0 saturated carbocycles. The highest BCUT2D eigenvalue weighted by molar-refractivity contribution is 6.32. The van der Waals surface area contributed by atoms with Crippen LogP contribution in [0.2, 0.25) is 10.0 Å². The van der Waals surface area contributed by atoms with Crippen LogP contribution in [-0.2, 0) is 59.1 Å². The van der Waals surface area contributed by atoms with E-state index >= 15 is 24.0 Å². The van der Waals surface area contributed by atoms with Gasteiger partial charge in [-0.3, -0.25) is 48.6 Å². The zero-order valence-electron chi connectivity index (χ0n) is 67.3. The number of carbonyl (C=O) groups excluding carboxylic acids is 9. The lowest BCUT2D eigenvalue weighted by Crippen LogP contribution is -2.65. The number of phenols is 3. The Morgan fingerprint density at radius 3 is 1.97 bits per heavy atom. The van der Waals surface area contributed by atoms with Crippen LogP contribution in [0.1, 0.15) is 128 Å². The van der Waals surface area contributed by atoms with E-state index < -0.39 is 260 Å². The molecule has 18 atom stereocenters. The number of amides is 9. The number of alkyl halides is 3. The second kappa shape index (κ2) is 38.8. The van der Waals surface area contributed by atoms with E-state index in [4.69, 9.17) is 57.4 Å². The second-order valence-corrected chi connectivity index (χ2v) is 31.7. The average molecular weight is 1780 g/mol. The number of ether oxygens (including phenoxy) is 7. The molecular weight excluding hydrogens is 1690 g/mol. The number of nitrogens with one attached hydrogen (secondary N) is 11. The molecule has 42 heteroatoms. The number of aliphatic hydroxyl groups excluding tert-OH is 6. The minimum Gasteiger partial charge on any atom is -0.508 e. The molecule has 2 saturated heterocycles. The lowest BCUT2D eigenvalue weighted by molar-refractivity contribution is -0.334. The van der Waals surface area contributed by atoms with E-state index in [9.17, 15) is 78.3 Å². The molecule has 0 radical (unpaired) electrons. The number of carbonyl (C=O) groups is 9. The maximum atomic E-state index is 16.3. The number of aromatic hydroxyl groups is 3. The van der Waals surface area contributed by atoms with Crippen molar-refractivity contribution in [2.75, 3.05) is 25.5 Å². The Morgan fingerprint density at radius 2 is 1.34 bits per heavy atom. The van der Waals surface area contributed by atoms with Gasteiger partial charge in [0.2, 0.25) is 53.4 Å². The molecule has 14 rings (SSSR count). The molecule has 125 heavy (non-hydrogen) atoms. The molecule has 7 aromatic carbocycles. The summed E-state index contributed by atoms with van der Waals surface area (Å²) in [5.41, 5.74) is 7.56. The van der Waals surface area contributed by atoms with Crippen LogP contribution < -0.4 is 83.4 Å². The lowest BCUT2D eigenvalue weighted by atomic mass is 9.84. The van der Waals surface area contributed by atoms with E-state index in [1.165, 1.54) is 26.1 Å². The highest BCUT2D eigenvalue weighted by atomic mass is 35.5. The van der Waals surface area contributed by atoms with Crippen LogP contribution in [0.25, 0.3) is 11.1 Å². The highest BCUT2D eigenvalue weighted by Crippen LogP contribution is 2.50. The molecule has 2 fully saturated rings. The van der Waals surface area contributed by atoms with Gasteiger partial charge >= 0.3 is 6.36 Å². The van der Waals surface area contributed by atoms with Gasteiger partial charge in [0.25, 0.3) is 11.8 Å². The fourth-order valence-corrected chi connectivity index (χ4v) is 15.4. The third kappa shape index (κ3) is 21.3. The molecule has 37 nitrogen and oxygen atoms in total. The van der Waals surface area contributed by atoms with Crippen molar-refractivity contribution >= 4 is 82.1 Å². The Bertz CT molecular complexity index is 5260. The topological polar surface area (TPSA) is 559 Å². The molecule has 0 aliphatic carbocycles. The van der Waals surface area contributed by atoms with Crippen LogP contribution in [0.5, 0.6) is 51.7 Å². The van der Waals surface area contributed by atoms with Crippen molar-refractivity contribution in [3.63, 3.8) is 0 Å². The maximum absolute atomic E-state index is 16.3. The summed E-state index contributed by atoms with van der Waals surface area (Å²) >= 11 is 14.4.